The largest absolute Gasteiger partial charge is 0.503 e. The highest BCUT2D eigenvalue weighted by atomic mass is 35.5. The predicted octanol–water partition coefficient (Wildman–Crippen LogP) is 16.5. The van der Waals surface area contributed by atoms with Gasteiger partial charge in [-0.25, -0.2) is 0 Å². The summed E-state index contributed by atoms with van der Waals surface area (Å²) in [7, 11) is 14.1. The number of hydrogen-bond acceptors (Lipinski definition) is 8. The molecule has 8 nitrogen and oxygen atoms in total. The third kappa shape index (κ3) is 34.9. The number of rotatable bonds is 46. The van der Waals surface area contributed by atoms with E-state index < -0.39 is 17.6 Å². The lowest BCUT2D eigenvalue weighted by atomic mass is 10.0. The summed E-state index contributed by atoms with van der Waals surface area (Å²) in [5.74, 6) is 0. The van der Waals surface area contributed by atoms with Gasteiger partial charge in [-0.15, -0.1) is 24.8 Å². The lowest BCUT2D eigenvalue weighted by Gasteiger charge is -2.36. The van der Waals surface area contributed by atoms with E-state index in [-0.39, 0.29) is 24.8 Å². The van der Waals surface area contributed by atoms with E-state index in [0.29, 0.717) is 23.2 Å². The van der Waals surface area contributed by atoms with Crippen LogP contribution in [0.15, 0.2) is 0 Å². The first kappa shape index (κ1) is 71.2. The van der Waals surface area contributed by atoms with Crippen molar-refractivity contribution in [2.24, 2.45) is 0 Å². The Morgan fingerprint density at radius 3 is 0.672 bits per heavy atom. The SMILES string of the molecule is CCCCCCCCCCCCCCCC(CC(CCC)N(C)C)[Si](OC)(OC)OC.CCCCCCCCCCCCCCCC(CC(CCC)N(C)C)[Si](OC)(OC)OC.Cl.Cl. The lowest BCUT2D eigenvalue weighted by molar-refractivity contribution is 0.101. The Kier molecular flexibility index (Phi) is 55.8. The van der Waals surface area contributed by atoms with Crippen LogP contribution in [-0.4, -0.2) is 110 Å². The van der Waals surface area contributed by atoms with Gasteiger partial charge in [-0.3, -0.25) is 0 Å². The Morgan fingerprint density at radius 2 is 0.500 bits per heavy atom. The van der Waals surface area contributed by atoms with Crippen molar-refractivity contribution in [2.45, 2.75) is 269 Å². The molecule has 64 heavy (non-hydrogen) atoms. The molecule has 0 aromatic rings. The van der Waals surface area contributed by atoms with Crippen LogP contribution in [0.5, 0.6) is 0 Å². The van der Waals surface area contributed by atoms with E-state index in [2.05, 4.69) is 65.7 Å². The van der Waals surface area contributed by atoms with Crippen LogP contribution in [0, 0.1) is 0 Å². The predicted molar refractivity (Wildman–Crippen MR) is 290 cm³/mol. The molecule has 4 unspecified atom stereocenters. The van der Waals surface area contributed by atoms with E-state index in [1.54, 1.807) is 42.7 Å². The van der Waals surface area contributed by atoms with Crippen molar-refractivity contribution >= 4 is 42.4 Å². The molecule has 0 saturated heterocycles. The van der Waals surface area contributed by atoms with Gasteiger partial charge >= 0.3 is 17.6 Å². The van der Waals surface area contributed by atoms with Crippen LogP contribution < -0.4 is 0 Å². The zero-order valence-corrected chi connectivity index (χ0v) is 49.1. The van der Waals surface area contributed by atoms with Crippen molar-refractivity contribution in [3.63, 3.8) is 0 Å². The summed E-state index contributed by atoms with van der Waals surface area (Å²) >= 11 is 0. The highest BCUT2D eigenvalue weighted by Crippen LogP contribution is 2.37. The number of nitrogens with zero attached hydrogens (tertiary/aromatic N) is 2. The second-order valence-corrected chi connectivity index (χ2v) is 25.7. The molecule has 0 aromatic carbocycles. The topological polar surface area (TPSA) is 61.9 Å². The molecule has 4 atom stereocenters. The van der Waals surface area contributed by atoms with Gasteiger partial charge < -0.3 is 36.4 Å². The maximum atomic E-state index is 5.90. The molecule has 0 fully saturated rings. The minimum absolute atomic E-state index is 0. The quantitative estimate of drug-likeness (QED) is 0.0442. The molecule has 0 rings (SSSR count). The van der Waals surface area contributed by atoms with Crippen LogP contribution in [0.2, 0.25) is 11.1 Å². The summed E-state index contributed by atoms with van der Waals surface area (Å²) in [6.07, 6.45) is 45.5. The summed E-state index contributed by atoms with van der Waals surface area (Å²) in [6, 6.07) is 1.12. The molecule has 0 amide bonds. The highest BCUT2D eigenvalue weighted by molar-refractivity contribution is 6.62. The van der Waals surface area contributed by atoms with E-state index in [1.165, 1.54) is 193 Å². The van der Waals surface area contributed by atoms with Gasteiger partial charge in [0, 0.05) is 65.8 Å². The van der Waals surface area contributed by atoms with Gasteiger partial charge in [0.25, 0.3) is 0 Å². The van der Waals surface area contributed by atoms with Crippen molar-refractivity contribution in [1.29, 1.82) is 0 Å². The van der Waals surface area contributed by atoms with Crippen molar-refractivity contribution in [2.75, 3.05) is 70.8 Å². The van der Waals surface area contributed by atoms with Crippen molar-refractivity contribution in [3.05, 3.63) is 0 Å². The first-order valence-electron chi connectivity index (χ1n) is 26.7. The molecule has 392 valence electrons. The van der Waals surface area contributed by atoms with E-state index in [4.69, 9.17) is 26.6 Å². The van der Waals surface area contributed by atoms with Crippen LogP contribution in [0.1, 0.15) is 246 Å². The Morgan fingerprint density at radius 1 is 0.297 bits per heavy atom. The minimum Gasteiger partial charge on any atom is -0.377 e. The lowest BCUT2D eigenvalue weighted by Crippen LogP contribution is -2.49. The fraction of sp³-hybridized carbons (Fsp3) is 1.00. The van der Waals surface area contributed by atoms with Gasteiger partial charge in [0.15, 0.2) is 0 Å². The second kappa shape index (κ2) is 50.1. The van der Waals surface area contributed by atoms with Crippen LogP contribution in [0.3, 0.4) is 0 Å². The monoisotopic (exact) mass is 991 g/mol. The van der Waals surface area contributed by atoms with Crippen molar-refractivity contribution < 1.29 is 26.6 Å². The van der Waals surface area contributed by atoms with E-state index >= 15 is 0 Å². The van der Waals surface area contributed by atoms with Crippen LogP contribution in [0.4, 0.5) is 0 Å². The summed E-state index contributed by atoms with van der Waals surface area (Å²) in [5.41, 5.74) is 0.748. The molecule has 0 aliphatic carbocycles. The molecule has 0 N–H and O–H groups in total. The molecule has 0 saturated carbocycles. The fourth-order valence-electron chi connectivity index (χ4n) is 9.69. The molecule has 0 heterocycles. The van der Waals surface area contributed by atoms with Crippen LogP contribution >= 0.6 is 24.8 Å². The van der Waals surface area contributed by atoms with Crippen LogP contribution in [-0.2, 0) is 26.6 Å². The van der Waals surface area contributed by atoms with Crippen molar-refractivity contribution in [3.8, 4) is 0 Å². The molecule has 0 aliphatic heterocycles. The molecular formula is C52H116Cl2N2O6Si2. The maximum absolute atomic E-state index is 5.90. The Hall–Kier alpha value is 0.694. The summed E-state index contributed by atoms with van der Waals surface area (Å²) in [6.45, 7) is 9.12. The van der Waals surface area contributed by atoms with Gasteiger partial charge in [0.2, 0.25) is 0 Å². The van der Waals surface area contributed by atoms with Gasteiger partial charge in [0.05, 0.1) is 0 Å². The third-order valence-corrected chi connectivity index (χ3v) is 20.3. The number of hydrogen-bond donors (Lipinski definition) is 0. The molecule has 0 radical (unpaired) electrons. The van der Waals surface area contributed by atoms with Gasteiger partial charge in [0.1, 0.15) is 0 Å². The fourth-order valence-corrected chi connectivity index (χ4v) is 14.9. The maximum Gasteiger partial charge on any atom is 0.503 e. The van der Waals surface area contributed by atoms with Crippen molar-refractivity contribution in [1.82, 2.24) is 9.80 Å². The molecule has 0 aromatic heterocycles. The number of unbranched alkanes of at least 4 members (excludes halogenated alkanes) is 24. The average molecular weight is 993 g/mol. The smallest absolute Gasteiger partial charge is 0.377 e. The second-order valence-electron chi connectivity index (χ2n) is 19.2. The first-order valence-corrected chi connectivity index (χ1v) is 30.3. The zero-order valence-electron chi connectivity index (χ0n) is 45.5. The van der Waals surface area contributed by atoms with E-state index in [0.717, 1.165) is 25.7 Å². The highest BCUT2D eigenvalue weighted by Gasteiger charge is 2.48. The van der Waals surface area contributed by atoms with E-state index in [1.807, 2.05) is 0 Å². The van der Waals surface area contributed by atoms with Crippen LogP contribution in [0.25, 0.3) is 0 Å². The van der Waals surface area contributed by atoms with E-state index in [9.17, 15) is 0 Å². The van der Waals surface area contributed by atoms with Gasteiger partial charge in [-0.2, -0.15) is 0 Å². The minimum atomic E-state index is -2.61. The Bertz CT molecular complexity index is 822. The van der Waals surface area contributed by atoms with Gasteiger partial charge in [-0.1, -0.05) is 207 Å². The number of halogens is 2. The molecular weight excluding hydrogens is 876 g/mol. The average Bonchev–Trinajstić information content (AvgIpc) is 3.27. The standard InChI is InChI=1S/2C26H57NO3Si.2ClH/c2*1-8-10-11-12-13-14-15-16-17-18-19-20-21-23-26(31(28-5,29-6)30-7)24-25(22-9-2)27(3)4;;/h2*25-26H,8-24H2,1-7H3;2*1H. The normalized spacial score (nSPS) is 13.9. The Balaban J connectivity index is -0.000000545. The van der Waals surface area contributed by atoms with Gasteiger partial charge in [-0.05, 0) is 66.7 Å². The Labute approximate surface area is 416 Å². The molecule has 0 bridgehead atoms. The molecule has 0 aliphatic rings. The summed E-state index contributed by atoms with van der Waals surface area (Å²) in [5, 5.41) is 0. The molecule has 12 heteroatoms. The first-order chi connectivity index (χ1) is 30.0. The third-order valence-electron chi connectivity index (χ3n) is 13.8. The molecule has 0 spiro atoms. The summed E-state index contributed by atoms with van der Waals surface area (Å²) < 4.78 is 35.4. The zero-order chi connectivity index (χ0) is 46.7. The summed E-state index contributed by atoms with van der Waals surface area (Å²) in [4.78, 5) is 4.72.